The molecule has 0 bridgehead atoms. The van der Waals surface area contributed by atoms with Crippen LogP contribution in [-0.2, 0) is 16.6 Å². The van der Waals surface area contributed by atoms with E-state index >= 15 is 0 Å². The summed E-state index contributed by atoms with van der Waals surface area (Å²) in [6.07, 6.45) is 2.72. The Kier molecular flexibility index (Phi) is 4.97. The first-order chi connectivity index (χ1) is 13.7. The maximum atomic E-state index is 13.4. The minimum Gasteiger partial charge on any atom is -0.346 e. The second-order valence-electron chi connectivity index (χ2n) is 7.08. The van der Waals surface area contributed by atoms with Crippen molar-refractivity contribution >= 4 is 32.6 Å². The lowest BCUT2D eigenvalue weighted by Gasteiger charge is -2.32. The number of nitrogens with two attached hydrogens (primary N) is 1. The Morgan fingerprint density at radius 3 is 2.69 bits per heavy atom. The summed E-state index contributed by atoms with van der Waals surface area (Å²) in [7, 11) is -3.91. The van der Waals surface area contributed by atoms with Crippen molar-refractivity contribution in [2.45, 2.75) is 30.2 Å². The van der Waals surface area contributed by atoms with Crippen LogP contribution in [0.2, 0.25) is 0 Å². The summed E-state index contributed by atoms with van der Waals surface area (Å²) >= 11 is 0. The van der Waals surface area contributed by atoms with Crippen LogP contribution in [0.4, 0.5) is 20.3 Å². The molecule has 29 heavy (non-hydrogen) atoms. The lowest BCUT2D eigenvalue weighted by molar-refractivity contribution is -0.0566. The molecule has 1 saturated heterocycles. The number of alkyl halides is 2. The van der Waals surface area contributed by atoms with Crippen LogP contribution in [0.1, 0.15) is 18.4 Å². The van der Waals surface area contributed by atoms with Gasteiger partial charge in [-0.15, -0.1) is 0 Å². The number of aromatic nitrogens is 3. The van der Waals surface area contributed by atoms with Crippen molar-refractivity contribution in [1.82, 2.24) is 19.9 Å². The van der Waals surface area contributed by atoms with Crippen LogP contribution >= 0.6 is 0 Å². The second kappa shape index (κ2) is 7.32. The number of benzene rings is 1. The number of aromatic amines is 1. The summed E-state index contributed by atoms with van der Waals surface area (Å²) < 4.78 is 50.5. The topological polar surface area (TPSA) is 117 Å². The smallest absolute Gasteiger partial charge is 0.250 e. The zero-order valence-electron chi connectivity index (χ0n) is 15.4. The lowest BCUT2D eigenvalue weighted by Crippen LogP contribution is -2.38. The van der Waals surface area contributed by atoms with Gasteiger partial charge in [-0.25, -0.2) is 32.3 Å². The van der Waals surface area contributed by atoms with Crippen LogP contribution < -0.4 is 10.5 Å². The second-order valence-corrected chi connectivity index (χ2v) is 8.64. The van der Waals surface area contributed by atoms with Crippen LogP contribution in [0.3, 0.4) is 0 Å². The standard InChI is InChI=1S/C18H20F2N6O2S/c19-18(20)4-7-26(8-5-18)10-12-1-2-13(29(21,27)28)9-15(12)25-17-14-3-6-22-16(14)23-11-24-17/h1-3,6,9,11H,4-5,7-8,10H2,(H2,21,27,28)(H2,22,23,24,25). The highest BCUT2D eigenvalue weighted by Crippen LogP contribution is 2.31. The molecule has 3 heterocycles. The van der Waals surface area contributed by atoms with E-state index in [2.05, 4.69) is 20.3 Å². The normalized spacial score (nSPS) is 17.5. The largest absolute Gasteiger partial charge is 0.346 e. The van der Waals surface area contributed by atoms with Gasteiger partial charge in [0.15, 0.2) is 0 Å². The van der Waals surface area contributed by atoms with E-state index in [-0.39, 0.29) is 30.8 Å². The molecule has 0 radical (unpaired) electrons. The molecule has 1 aliphatic heterocycles. The minimum atomic E-state index is -3.91. The third kappa shape index (κ3) is 4.36. The van der Waals surface area contributed by atoms with Gasteiger partial charge < -0.3 is 10.3 Å². The van der Waals surface area contributed by atoms with Gasteiger partial charge in [0.25, 0.3) is 5.92 Å². The number of H-pyrrole nitrogens is 1. The van der Waals surface area contributed by atoms with Crippen molar-refractivity contribution in [2.75, 3.05) is 18.4 Å². The molecule has 1 aliphatic rings. The van der Waals surface area contributed by atoms with E-state index < -0.39 is 15.9 Å². The average Bonchev–Trinajstić information content (AvgIpc) is 3.14. The van der Waals surface area contributed by atoms with E-state index in [1.807, 2.05) is 4.90 Å². The van der Waals surface area contributed by atoms with Gasteiger partial charge in [-0.1, -0.05) is 6.07 Å². The zero-order chi connectivity index (χ0) is 20.6. The molecule has 0 spiro atoms. The van der Waals surface area contributed by atoms with Gasteiger partial charge in [0, 0.05) is 44.4 Å². The molecule has 0 saturated carbocycles. The van der Waals surface area contributed by atoms with Gasteiger partial charge in [-0.3, -0.25) is 4.90 Å². The molecule has 4 N–H and O–H groups in total. The van der Waals surface area contributed by atoms with Gasteiger partial charge in [-0.2, -0.15) is 0 Å². The highest BCUT2D eigenvalue weighted by molar-refractivity contribution is 7.89. The first-order valence-corrected chi connectivity index (χ1v) is 10.6. The maximum Gasteiger partial charge on any atom is 0.250 e. The number of fused-ring (bicyclic) bond motifs is 1. The first kappa shape index (κ1) is 19.7. The first-order valence-electron chi connectivity index (χ1n) is 9.02. The van der Waals surface area contributed by atoms with Crippen molar-refractivity contribution in [1.29, 1.82) is 0 Å². The number of hydrogen-bond acceptors (Lipinski definition) is 6. The number of anilines is 2. The number of halogens is 2. The quantitative estimate of drug-likeness (QED) is 0.582. The third-order valence-electron chi connectivity index (χ3n) is 5.00. The Morgan fingerprint density at radius 2 is 1.97 bits per heavy atom. The number of nitrogens with one attached hydrogen (secondary N) is 2. The summed E-state index contributed by atoms with van der Waals surface area (Å²) in [6, 6.07) is 6.29. The molecule has 2 aromatic heterocycles. The number of piperidine rings is 1. The molecule has 0 amide bonds. The predicted octanol–water partition coefficient (Wildman–Crippen LogP) is 2.58. The summed E-state index contributed by atoms with van der Waals surface area (Å²) in [5.41, 5.74) is 1.88. The Balaban J connectivity index is 1.67. The number of likely N-dealkylation sites (tertiary alicyclic amines) is 1. The minimum absolute atomic E-state index is 0.0479. The molecular formula is C18H20F2N6O2S. The lowest BCUT2D eigenvalue weighted by atomic mass is 10.1. The van der Waals surface area contributed by atoms with Gasteiger partial charge in [0.05, 0.1) is 10.3 Å². The SMILES string of the molecule is NS(=O)(=O)c1ccc(CN2CCC(F)(F)CC2)c(Nc2ncnc3[nH]ccc23)c1. The highest BCUT2D eigenvalue weighted by Gasteiger charge is 2.34. The summed E-state index contributed by atoms with van der Waals surface area (Å²) in [5.74, 6) is -2.13. The molecule has 1 fully saturated rings. The van der Waals surface area contributed by atoms with Crippen molar-refractivity contribution in [3.63, 3.8) is 0 Å². The Hall–Kier alpha value is -2.63. The van der Waals surface area contributed by atoms with Crippen LogP contribution in [0.15, 0.2) is 41.7 Å². The van der Waals surface area contributed by atoms with E-state index in [0.29, 0.717) is 23.7 Å². The van der Waals surface area contributed by atoms with Gasteiger partial charge in [-0.05, 0) is 23.8 Å². The van der Waals surface area contributed by atoms with Gasteiger partial charge in [0.1, 0.15) is 17.8 Å². The van der Waals surface area contributed by atoms with E-state index in [1.165, 1.54) is 18.5 Å². The van der Waals surface area contributed by atoms with Crippen LogP contribution in [0, 0.1) is 0 Å². The number of sulfonamides is 1. The van der Waals surface area contributed by atoms with Crippen molar-refractivity contribution < 1.29 is 17.2 Å². The number of primary sulfonamides is 1. The molecule has 8 nitrogen and oxygen atoms in total. The molecule has 4 rings (SSSR count). The van der Waals surface area contributed by atoms with E-state index in [4.69, 9.17) is 5.14 Å². The van der Waals surface area contributed by atoms with Crippen molar-refractivity contribution in [2.24, 2.45) is 5.14 Å². The summed E-state index contributed by atoms with van der Waals surface area (Å²) in [6.45, 7) is 0.919. The summed E-state index contributed by atoms with van der Waals surface area (Å²) in [5, 5.41) is 9.16. The number of hydrogen-bond donors (Lipinski definition) is 3. The molecule has 11 heteroatoms. The average molecular weight is 422 g/mol. The maximum absolute atomic E-state index is 13.4. The summed E-state index contributed by atoms with van der Waals surface area (Å²) in [4.78, 5) is 13.2. The predicted molar refractivity (Wildman–Crippen MR) is 104 cm³/mol. The van der Waals surface area contributed by atoms with Gasteiger partial charge in [0.2, 0.25) is 10.0 Å². The zero-order valence-corrected chi connectivity index (χ0v) is 16.2. The molecule has 3 aromatic rings. The molecule has 154 valence electrons. The third-order valence-corrected chi connectivity index (χ3v) is 5.91. The Labute approximate surface area is 166 Å². The number of nitrogens with zero attached hydrogens (tertiary/aromatic N) is 3. The monoisotopic (exact) mass is 422 g/mol. The Morgan fingerprint density at radius 1 is 1.21 bits per heavy atom. The Bertz CT molecular complexity index is 1140. The fourth-order valence-corrected chi connectivity index (χ4v) is 3.91. The molecule has 0 unspecified atom stereocenters. The molecule has 0 aliphatic carbocycles. The van der Waals surface area contributed by atoms with Crippen molar-refractivity contribution in [3.8, 4) is 0 Å². The van der Waals surface area contributed by atoms with Crippen molar-refractivity contribution in [3.05, 3.63) is 42.4 Å². The molecule has 0 atom stereocenters. The fraction of sp³-hybridized carbons (Fsp3) is 0.333. The molecule has 1 aromatic carbocycles. The van der Waals surface area contributed by atoms with E-state index in [1.54, 1.807) is 18.3 Å². The van der Waals surface area contributed by atoms with Gasteiger partial charge >= 0.3 is 0 Å². The van der Waals surface area contributed by atoms with E-state index in [9.17, 15) is 17.2 Å². The molecular weight excluding hydrogens is 402 g/mol. The number of rotatable bonds is 5. The van der Waals surface area contributed by atoms with Crippen LogP contribution in [0.25, 0.3) is 11.0 Å². The van der Waals surface area contributed by atoms with Crippen LogP contribution in [-0.4, -0.2) is 47.3 Å². The van der Waals surface area contributed by atoms with E-state index in [0.717, 1.165) is 10.9 Å². The highest BCUT2D eigenvalue weighted by atomic mass is 32.2. The fourth-order valence-electron chi connectivity index (χ4n) is 3.37. The van der Waals surface area contributed by atoms with Crippen LogP contribution in [0.5, 0.6) is 0 Å².